The average molecular weight is 314 g/mol. The summed E-state index contributed by atoms with van der Waals surface area (Å²) in [7, 11) is 0. The fourth-order valence-corrected chi connectivity index (χ4v) is 1.77. The largest absolute Gasteiger partial charge is 0.481 e. The number of amides is 1. The molecule has 18 heavy (non-hydrogen) atoms. The van der Waals surface area contributed by atoms with E-state index in [0.29, 0.717) is 12.1 Å². The number of rotatable bonds is 5. The molecule has 0 spiro atoms. The van der Waals surface area contributed by atoms with Crippen LogP contribution in [0, 0.1) is 12.8 Å². The minimum absolute atomic E-state index is 0.0552. The zero-order chi connectivity index (χ0) is 13.7. The van der Waals surface area contributed by atoms with Gasteiger partial charge < -0.3 is 10.4 Å². The summed E-state index contributed by atoms with van der Waals surface area (Å²) in [6, 6.07) is 5.35. The number of benzene rings is 1. The minimum Gasteiger partial charge on any atom is -0.481 e. The van der Waals surface area contributed by atoms with E-state index in [1.807, 2.05) is 13.0 Å². The molecule has 0 aliphatic rings. The molecule has 0 fully saturated rings. The summed E-state index contributed by atoms with van der Waals surface area (Å²) in [5, 5.41) is 11.3. The van der Waals surface area contributed by atoms with Crippen molar-refractivity contribution in [1.82, 2.24) is 5.32 Å². The van der Waals surface area contributed by atoms with Gasteiger partial charge in [0.05, 0.1) is 0 Å². The number of aryl methyl sites for hydroxylation is 1. The maximum Gasteiger partial charge on any atom is 0.303 e. The van der Waals surface area contributed by atoms with Crippen molar-refractivity contribution in [2.24, 2.45) is 5.92 Å². The third-order valence-corrected chi connectivity index (χ3v) is 3.44. The van der Waals surface area contributed by atoms with Crippen LogP contribution in [0.2, 0.25) is 0 Å². The summed E-state index contributed by atoms with van der Waals surface area (Å²) >= 11 is 3.37. The van der Waals surface area contributed by atoms with Gasteiger partial charge in [-0.3, -0.25) is 9.59 Å². The molecular formula is C13H16BrNO3. The van der Waals surface area contributed by atoms with Gasteiger partial charge in [0.25, 0.3) is 5.91 Å². The Balaban J connectivity index is 2.55. The van der Waals surface area contributed by atoms with E-state index < -0.39 is 5.97 Å². The highest BCUT2D eigenvalue weighted by atomic mass is 79.9. The van der Waals surface area contributed by atoms with Crippen LogP contribution in [0.4, 0.5) is 0 Å². The SMILES string of the molecule is Cc1cc(C(=O)NCC(C)CC(=O)O)ccc1Br. The Morgan fingerprint density at radius 2 is 2.11 bits per heavy atom. The molecule has 1 unspecified atom stereocenters. The van der Waals surface area contributed by atoms with E-state index in [-0.39, 0.29) is 18.2 Å². The Morgan fingerprint density at radius 1 is 1.44 bits per heavy atom. The summed E-state index contributed by atoms with van der Waals surface area (Å²) in [5.41, 5.74) is 1.57. The van der Waals surface area contributed by atoms with E-state index in [2.05, 4.69) is 21.2 Å². The highest BCUT2D eigenvalue weighted by Crippen LogP contribution is 2.17. The van der Waals surface area contributed by atoms with Crippen LogP contribution in [0.15, 0.2) is 22.7 Å². The minimum atomic E-state index is -0.851. The molecule has 0 heterocycles. The number of halogens is 1. The Kier molecular flexibility index (Phi) is 5.34. The lowest BCUT2D eigenvalue weighted by molar-refractivity contribution is -0.137. The summed E-state index contributed by atoms with van der Waals surface area (Å²) < 4.78 is 0.957. The van der Waals surface area contributed by atoms with Gasteiger partial charge in [-0.2, -0.15) is 0 Å². The number of carbonyl (C=O) groups excluding carboxylic acids is 1. The van der Waals surface area contributed by atoms with Crippen molar-refractivity contribution in [1.29, 1.82) is 0 Å². The van der Waals surface area contributed by atoms with Gasteiger partial charge in [-0.25, -0.2) is 0 Å². The molecule has 0 aliphatic heterocycles. The molecule has 0 radical (unpaired) electrons. The van der Waals surface area contributed by atoms with Gasteiger partial charge in [0, 0.05) is 23.0 Å². The second kappa shape index (κ2) is 6.54. The molecule has 1 aromatic carbocycles. The molecule has 4 nitrogen and oxygen atoms in total. The number of hydrogen-bond donors (Lipinski definition) is 2. The van der Waals surface area contributed by atoms with Gasteiger partial charge >= 0.3 is 5.97 Å². The molecule has 5 heteroatoms. The quantitative estimate of drug-likeness (QED) is 0.878. The van der Waals surface area contributed by atoms with Gasteiger partial charge in [-0.15, -0.1) is 0 Å². The molecule has 1 amide bonds. The summed E-state index contributed by atoms with van der Waals surface area (Å²) in [6.45, 7) is 4.06. The lowest BCUT2D eigenvalue weighted by atomic mass is 10.1. The highest BCUT2D eigenvalue weighted by Gasteiger charge is 2.11. The van der Waals surface area contributed by atoms with E-state index in [0.717, 1.165) is 10.0 Å². The van der Waals surface area contributed by atoms with E-state index >= 15 is 0 Å². The van der Waals surface area contributed by atoms with Gasteiger partial charge in [0.15, 0.2) is 0 Å². The fraction of sp³-hybridized carbons (Fsp3) is 0.385. The van der Waals surface area contributed by atoms with Crippen molar-refractivity contribution in [3.05, 3.63) is 33.8 Å². The van der Waals surface area contributed by atoms with Crippen LogP contribution in [0.25, 0.3) is 0 Å². The molecule has 98 valence electrons. The number of carboxylic acids is 1. The molecule has 2 N–H and O–H groups in total. The van der Waals surface area contributed by atoms with Crippen molar-refractivity contribution in [2.75, 3.05) is 6.54 Å². The first-order valence-corrected chi connectivity index (χ1v) is 6.45. The third-order valence-electron chi connectivity index (χ3n) is 2.55. The summed E-state index contributed by atoms with van der Waals surface area (Å²) in [6.07, 6.45) is 0.0552. The van der Waals surface area contributed by atoms with Gasteiger partial charge in [0.2, 0.25) is 0 Å². The molecule has 1 atom stereocenters. The van der Waals surface area contributed by atoms with Gasteiger partial charge in [-0.1, -0.05) is 22.9 Å². The van der Waals surface area contributed by atoms with Crippen molar-refractivity contribution in [2.45, 2.75) is 20.3 Å². The predicted octanol–water partition coefficient (Wildman–Crippen LogP) is 2.60. The zero-order valence-corrected chi connectivity index (χ0v) is 12.0. The Labute approximate surface area is 115 Å². The second-order valence-electron chi connectivity index (χ2n) is 4.38. The molecule has 0 saturated heterocycles. The van der Waals surface area contributed by atoms with Crippen molar-refractivity contribution < 1.29 is 14.7 Å². The fourth-order valence-electron chi connectivity index (χ4n) is 1.53. The van der Waals surface area contributed by atoms with Crippen molar-refractivity contribution >= 4 is 27.8 Å². The molecule has 0 aliphatic carbocycles. The Bertz CT molecular complexity index is 460. The lowest BCUT2D eigenvalue weighted by Crippen LogP contribution is -2.29. The van der Waals surface area contributed by atoms with E-state index in [1.54, 1.807) is 19.1 Å². The average Bonchev–Trinajstić information content (AvgIpc) is 2.28. The van der Waals surface area contributed by atoms with Gasteiger partial charge in [0.1, 0.15) is 0 Å². The summed E-state index contributed by atoms with van der Waals surface area (Å²) in [4.78, 5) is 22.3. The number of aliphatic carboxylic acids is 1. The molecule has 1 rings (SSSR count). The van der Waals surface area contributed by atoms with E-state index in [1.165, 1.54) is 0 Å². The van der Waals surface area contributed by atoms with Crippen molar-refractivity contribution in [3.8, 4) is 0 Å². The smallest absolute Gasteiger partial charge is 0.303 e. The molecule has 0 bridgehead atoms. The van der Waals surface area contributed by atoms with Gasteiger partial charge in [-0.05, 0) is 36.6 Å². The van der Waals surface area contributed by atoms with Crippen LogP contribution in [0.5, 0.6) is 0 Å². The normalized spacial score (nSPS) is 11.9. The molecule has 0 saturated carbocycles. The first-order valence-electron chi connectivity index (χ1n) is 5.66. The van der Waals surface area contributed by atoms with Crippen molar-refractivity contribution in [3.63, 3.8) is 0 Å². The van der Waals surface area contributed by atoms with E-state index in [4.69, 9.17) is 5.11 Å². The van der Waals surface area contributed by atoms with Crippen LogP contribution < -0.4 is 5.32 Å². The summed E-state index contributed by atoms with van der Waals surface area (Å²) in [5.74, 6) is -1.11. The van der Waals surface area contributed by atoms with Crippen LogP contribution in [-0.4, -0.2) is 23.5 Å². The number of carboxylic acid groups (broad SMARTS) is 1. The molecule has 1 aromatic rings. The number of hydrogen-bond acceptors (Lipinski definition) is 2. The topological polar surface area (TPSA) is 66.4 Å². The molecule has 0 aromatic heterocycles. The lowest BCUT2D eigenvalue weighted by Gasteiger charge is -2.11. The predicted molar refractivity (Wildman–Crippen MR) is 72.6 cm³/mol. The van der Waals surface area contributed by atoms with E-state index in [9.17, 15) is 9.59 Å². The van der Waals surface area contributed by atoms with Crippen LogP contribution in [0.1, 0.15) is 29.3 Å². The maximum absolute atomic E-state index is 11.8. The first-order chi connectivity index (χ1) is 8.40. The zero-order valence-electron chi connectivity index (χ0n) is 10.4. The Hall–Kier alpha value is -1.36. The van der Waals surface area contributed by atoms with Crippen LogP contribution in [0.3, 0.4) is 0 Å². The van der Waals surface area contributed by atoms with Crippen LogP contribution >= 0.6 is 15.9 Å². The maximum atomic E-state index is 11.8. The van der Waals surface area contributed by atoms with Crippen LogP contribution in [-0.2, 0) is 4.79 Å². The second-order valence-corrected chi connectivity index (χ2v) is 5.23. The monoisotopic (exact) mass is 313 g/mol. The molecular weight excluding hydrogens is 298 g/mol. The standard InChI is InChI=1S/C13H16BrNO3/c1-8(5-12(16)17)7-15-13(18)10-3-4-11(14)9(2)6-10/h3-4,6,8H,5,7H2,1-2H3,(H,15,18)(H,16,17). The third kappa shape index (κ3) is 4.49. The first kappa shape index (κ1) is 14.7. The Morgan fingerprint density at radius 3 is 2.67 bits per heavy atom. The highest BCUT2D eigenvalue weighted by molar-refractivity contribution is 9.10. The number of nitrogens with one attached hydrogen (secondary N) is 1. The number of carbonyl (C=O) groups is 2.